The molecule has 1 aromatic rings. The average Bonchev–Trinajstić information content (AvgIpc) is 2.68. The summed E-state index contributed by atoms with van der Waals surface area (Å²) in [4.78, 5) is 30.7. The standard InChI is InChI=1S/C19H28N4O3.2ClH/c20-17-4-2-1-3-16(17)5-6-18(24)22-7-9-23(10-8-22)19(25)15-21-11-13-26-14-12-21;;/h1-4H,5-15,20H2;2*1H. The molecule has 0 saturated carbocycles. The molecule has 2 amide bonds. The first kappa shape index (κ1) is 24.5. The predicted octanol–water partition coefficient (Wildman–Crippen LogP) is 1.05. The van der Waals surface area contributed by atoms with E-state index in [4.69, 9.17) is 10.5 Å². The molecule has 2 aliphatic rings. The van der Waals surface area contributed by atoms with Crippen LogP contribution in [0.15, 0.2) is 24.3 Å². The van der Waals surface area contributed by atoms with Crippen LogP contribution in [0.25, 0.3) is 0 Å². The van der Waals surface area contributed by atoms with Crippen molar-refractivity contribution >= 4 is 42.3 Å². The number of carbonyl (C=O) groups is 2. The fraction of sp³-hybridized carbons (Fsp3) is 0.579. The first-order chi connectivity index (χ1) is 12.6. The zero-order chi connectivity index (χ0) is 18.4. The second-order valence-electron chi connectivity index (χ2n) is 6.85. The molecule has 0 bridgehead atoms. The van der Waals surface area contributed by atoms with Gasteiger partial charge in [-0.1, -0.05) is 18.2 Å². The van der Waals surface area contributed by atoms with Gasteiger partial charge in [0, 0.05) is 51.4 Å². The number of aryl methyl sites for hydroxylation is 1. The minimum atomic E-state index is 0. The van der Waals surface area contributed by atoms with Crippen molar-refractivity contribution in [2.24, 2.45) is 0 Å². The number of piperazine rings is 1. The average molecular weight is 433 g/mol. The van der Waals surface area contributed by atoms with Crippen molar-refractivity contribution < 1.29 is 14.3 Å². The van der Waals surface area contributed by atoms with E-state index < -0.39 is 0 Å². The highest BCUT2D eigenvalue weighted by molar-refractivity contribution is 5.85. The smallest absolute Gasteiger partial charge is 0.236 e. The summed E-state index contributed by atoms with van der Waals surface area (Å²) in [6, 6.07) is 7.66. The zero-order valence-corrected chi connectivity index (χ0v) is 17.7. The lowest BCUT2D eigenvalue weighted by molar-refractivity contribution is -0.140. The van der Waals surface area contributed by atoms with Crippen LogP contribution < -0.4 is 5.73 Å². The van der Waals surface area contributed by atoms with E-state index in [1.165, 1.54) is 0 Å². The molecule has 2 saturated heterocycles. The Morgan fingerprint density at radius 1 is 0.893 bits per heavy atom. The number of carbonyl (C=O) groups excluding carboxylic acids is 2. The lowest BCUT2D eigenvalue weighted by Crippen LogP contribution is -2.53. The van der Waals surface area contributed by atoms with Gasteiger partial charge >= 0.3 is 0 Å². The Balaban J connectivity index is 0.00000196. The first-order valence-corrected chi connectivity index (χ1v) is 9.32. The maximum atomic E-state index is 12.4. The van der Waals surface area contributed by atoms with Gasteiger partial charge in [-0.2, -0.15) is 0 Å². The number of hydrogen-bond acceptors (Lipinski definition) is 5. The number of para-hydroxylation sites is 1. The van der Waals surface area contributed by atoms with Gasteiger partial charge in [0.15, 0.2) is 0 Å². The van der Waals surface area contributed by atoms with Gasteiger partial charge in [0.25, 0.3) is 0 Å². The van der Waals surface area contributed by atoms with E-state index in [-0.39, 0.29) is 36.6 Å². The minimum absolute atomic E-state index is 0. The Morgan fingerprint density at radius 2 is 1.46 bits per heavy atom. The third-order valence-corrected chi connectivity index (χ3v) is 5.11. The number of amides is 2. The Hall–Kier alpha value is -1.54. The molecule has 2 aliphatic heterocycles. The molecule has 9 heteroatoms. The van der Waals surface area contributed by atoms with Crippen LogP contribution in [0.4, 0.5) is 5.69 Å². The normalized spacial score (nSPS) is 17.4. The van der Waals surface area contributed by atoms with E-state index >= 15 is 0 Å². The quantitative estimate of drug-likeness (QED) is 0.703. The Kier molecular flexibility index (Phi) is 10.6. The number of nitrogen functional groups attached to an aromatic ring is 1. The SMILES string of the molecule is Cl.Cl.Nc1ccccc1CCC(=O)N1CCN(C(=O)CN2CCOCC2)CC1. The van der Waals surface area contributed by atoms with Gasteiger partial charge in [-0.15, -0.1) is 24.8 Å². The van der Waals surface area contributed by atoms with Gasteiger partial charge in [0.1, 0.15) is 0 Å². The molecular formula is C19H30Cl2N4O3. The highest BCUT2D eigenvalue weighted by atomic mass is 35.5. The molecule has 2 fully saturated rings. The molecule has 0 aliphatic carbocycles. The predicted molar refractivity (Wildman–Crippen MR) is 114 cm³/mol. The Labute approximate surface area is 179 Å². The maximum Gasteiger partial charge on any atom is 0.236 e. The van der Waals surface area contributed by atoms with E-state index in [9.17, 15) is 9.59 Å². The Bertz CT molecular complexity index is 633. The third-order valence-electron chi connectivity index (χ3n) is 5.11. The lowest BCUT2D eigenvalue weighted by Gasteiger charge is -2.36. The number of rotatable bonds is 5. The summed E-state index contributed by atoms with van der Waals surface area (Å²) in [5.41, 5.74) is 7.68. The maximum absolute atomic E-state index is 12.4. The molecule has 3 rings (SSSR count). The largest absolute Gasteiger partial charge is 0.399 e. The van der Waals surface area contributed by atoms with Crippen LogP contribution in [0.3, 0.4) is 0 Å². The number of hydrogen-bond donors (Lipinski definition) is 1. The van der Waals surface area contributed by atoms with Gasteiger partial charge in [0.2, 0.25) is 11.8 Å². The van der Waals surface area contributed by atoms with Gasteiger partial charge in [-0.25, -0.2) is 0 Å². The van der Waals surface area contributed by atoms with E-state index in [1.807, 2.05) is 34.1 Å². The van der Waals surface area contributed by atoms with E-state index in [0.717, 1.165) is 24.3 Å². The highest BCUT2D eigenvalue weighted by Gasteiger charge is 2.25. The summed E-state index contributed by atoms with van der Waals surface area (Å²) < 4.78 is 5.31. The minimum Gasteiger partial charge on any atom is -0.399 e. The van der Waals surface area contributed by atoms with Crippen molar-refractivity contribution in [1.82, 2.24) is 14.7 Å². The molecule has 2 N–H and O–H groups in total. The third kappa shape index (κ3) is 6.81. The van der Waals surface area contributed by atoms with Crippen molar-refractivity contribution in [3.63, 3.8) is 0 Å². The summed E-state index contributed by atoms with van der Waals surface area (Å²) in [6.45, 7) is 5.91. The molecule has 28 heavy (non-hydrogen) atoms. The second kappa shape index (κ2) is 12.1. The molecule has 7 nitrogen and oxygen atoms in total. The van der Waals surface area contributed by atoms with Crippen molar-refractivity contribution in [3.8, 4) is 0 Å². The van der Waals surface area contributed by atoms with Crippen LogP contribution in [0.1, 0.15) is 12.0 Å². The first-order valence-electron chi connectivity index (χ1n) is 9.32. The number of benzene rings is 1. The van der Waals surface area contributed by atoms with Gasteiger partial charge in [0.05, 0.1) is 19.8 Å². The molecule has 2 heterocycles. The zero-order valence-electron chi connectivity index (χ0n) is 16.0. The fourth-order valence-corrected chi connectivity index (χ4v) is 3.42. The molecule has 0 aromatic heterocycles. The van der Waals surface area contributed by atoms with Crippen LogP contribution in [0, 0.1) is 0 Å². The van der Waals surface area contributed by atoms with Crippen molar-refractivity contribution in [2.75, 3.05) is 64.8 Å². The van der Waals surface area contributed by atoms with E-state index in [0.29, 0.717) is 58.8 Å². The number of nitrogens with zero attached hydrogens (tertiary/aromatic N) is 3. The van der Waals surface area contributed by atoms with Crippen LogP contribution in [0.5, 0.6) is 0 Å². The van der Waals surface area contributed by atoms with Crippen LogP contribution in [-0.4, -0.2) is 85.5 Å². The van der Waals surface area contributed by atoms with Gasteiger partial charge in [-0.05, 0) is 18.1 Å². The lowest BCUT2D eigenvalue weighted by atomic mass is 10.1. The topological polar surface area (TPSA) is 79.1 Å². The van der Waals surface area contributed by atoms with E-state index in [1.54, 1.807) is 0 Å². The van der Waals surface area contributed by atoms with Gasteiger partial charge < -0.3 is 20.3 Å². The summed E-state index contributed by atoms with van der Waals surface area (Å²) in [5.74, 6) is 0.282. The van der Waals surface area contributed by atoms with E-state index in [2.05, 4.69) is 4.90 Å². The van der Waals surface area contributed by atoms with Crippen LogP contribution in [-0.2, 0) is 20.7 Å². The number of anilines is 1. The highest BCUT2D eigenvalue weighted by Crippen LogP contribution is 2.14. The molecule has 0 radical (unpaired) electrons. The fourth-order valence-electron chi connectivity index (χ4n) is 3.42. The Morgan fingerprint density at radius 3 is 2.07 bits per heavy atom. The molecular weight excluding hydrogens is 403 g/mol. The number of nitrogens with two attached hydrogens (primary N) is 1. The summed E-state index contributed by atoms with van der Waals surface area (Å²) in [6.07, 6.45) is 1.11. The summed E-state index contributed by atoms with van der Waals surface area (Å²) >= 11 is 0. The molecule has 158 valence electrons. The summed E-state index contributed by atoms with van der Waals surface area (Å²) in [5, 5.41) is 0. The number of morpholine rings is 1. The summed E-state index contributed by atoms with van der Waals surface area (Å²) in [7, 11) is 0. The molecule has 1 aromatic carbocycles. The van der Waals surface area contributed by atoms with Crippen LogP contribution >= 0.6 is 24.8 Å². The second-order valence-corrected chi connectivity index (χ2v) is 6.85. The van der Waals surface area contributed by atoms with Gasteiger partial charge in [-0.3, -0.25) is 14.5 Å². The molecule has 0 spiro atoms. The molecule has 0 unspecified atom stereocenters. The number of halogens is 2. The molecule has 0 atom stereocenters. The van der Waals surface area contributed by atoms with Crippen LogP contribution in [0.2, 0.25) is 0 Å². The van der Waals surface area contributed by atoms with Crippen molar-refractivity contribution in [3.05, 3.63) is 29.8 Å². The van der Waals surface area contributed by atoms with Crippen molar-refractivity contribution in [2.45, 2.75) is 12.8 Å². The monoisotopic (exact) mass is 432 g/mol. The van der Waals surface area contributed by atoms with Crippen molar-refractivity contribution in [1.29, 1.82) is 0 Å². The number of ether oxygens (including phenoxy) is 1.